The van der Waals surface area contributed by atoms with Crippen LogP contribution in [0.2, 0.25) is 0 Å². The molecule has 0 aliphatic heterocycles. The lowest BCUT2D eigenvalue weighted by molar-refractivity contribution is 0.544. The fourth-order valence-electron chi connectivity index (χ4n) is 1.05. The van der Waals surface area contributed by atoms with Crippen molar-refractivity contribution in [1.82, 2.24) is 0 Å². The van der Waals surface area contributed by atoms with Gasteiger partial charge in [0.15, 0.2) is 0 Å². The summed E-state index contributed by atoms with van der Waals surface area (Å²) in [4.78, 5) is 0. The van der Waals surface area contributed by atoms with Crippen LogP contribution in [0.5, 0.6) is 0 Å². The van der Waals surface area contributed by atoms with E-state index >= 15 is 0 Å². The van der Waals surface area contributed by atoms with Gasteiger partial charge in [-0.25, -0.2) is 0 Å². The van der Waals surface area contributed by atoms with E-state index in [2.05, 4.69) is 0 Å². The average Bonchev–Trinajstić information content (AvgIpc) is 2.22. The molecule has 0 amide bonds. The molecule has 1 aliphatic rings. The predicted molar refractivity (Wildman–Crippen MR) is 82.2 cm³/mol. The zero-order valence-corrected chi connectivity index (χ0v) is 16.5. The molecule has 0 atom stereocenters. The highest BCUT2D eigenvalue weighted by Gasteiger charge is 2.46. The SMILES string of the molecule is ClC1C(Cl)C(Cl)C(Cl)C(Cl)C1Cl.[SiH3][SiH2]Cl. The fourth-order valence-corrected chi connectivity index (χ4v) is 3.38. The van der Waals surface area contributed by atoms with Crippen molar-refractivity contribution in [2.24, 2.45) is 0 Å². The molecule has 1 rings (SSSR count). The molecular weight excluding hydrogens is 376 g/mol. The van der Waals surface area contributed by atoms with Crippen LogP contribution in [-0.2, 0) is 0 Å². The molecule has 92 valence electrons. The van der Waals surface area contributed by atoms with Gasteiger partial charge >= 0.3 is 0 Å². The van der Waals surface area contributed by atoms with Gasteiger partial charge in [0.25, 0.3) is 0 Å². The van der Waals surface area contributed by atoms with E-state index in [0.29, 0.717) is 0 Å². The van der Waals surface area contributed by atoms with E-state index in [9.17, 15) is 0 Å². The molecule has 9 heteroatoms. The van der Waals surface area contributed by atoms with Crippen LogP contribution in [0.4, 0.5) is 0 Å². The highest BCUT2D eigenvalue weighted by atomic mass is 35.6. The van der Waals surface area contributed by atoms with Crippen molar-refractivity contribution >= 4 is 98.8 Å². The molecule has 1 fully saturated rings. The molecule has 15 heavy (non-hydrogen) atoms. The zero-order valence-electron chi connectivity index (χ0n) is 7.82. The molecular formula is C6H11Cl7Si2. The van der Waals surface area contributed by atoms with E-state index in [-0.39, 0.29) is 8.35 Å². The van der Waals surface area contributed by atoms with Gasteiger partial charge < -0.3 is 0 Å². The second-order valence-corrected chi connectivity index (χ2v) is 12.9. The first-order valence-corrected chi connectivity index (χ1v) is 14.7. The fraction of sp³-hybridized carbons (Fsp3) is 1.00. The predicted octanol–water partition coefficient (Wildman–Crippen LogP) is 2.23. The van der Waals surface area contributed by atoms with Gasteiger partial charge in [-0.15, -0.1) is 69.6 Å². The minimum atomic E-state index is -0.437. The first-order chi connectivity index (χ1) is 6.88. The molecule has 0 aromatic heterocycles. The maximum atomic E-state index is 5.88. The summed E-state index contributed by atoms with van der Waals surface area (Å²) in [7, 11) is 1.30. The maximum absolute atomic E-state index is 5.88. The first kappa shape index (κ1) is 17.5. The van der Waals surface area contributed by atoms with Gasteiger partial charge in [-0.2, -0.15) is 11.1 Å². The second-order valence-electron chi connectivity index (χ2n) is 2.93. The number of hydrogen-bond donors (Lipinski definition) is 0. The summed E-state index contributed by atoms with van der Waals surface area (Å²) in [6, 6.07) is 0. The Labute approximate surface area is 130 Å². The maximum Gasteiger partial charge on any atom is 0.106 e. The van der Waals surface area contributed by atoms with E-state index in [1.54, 1.807) is 0 Å². The third-order valence-electron chi connectivity index (χ3n) is 1.83. The molecule has 1 aliphatic carbocycles. The van der Waals surface area contributed by atoms with Gasteiger partial charge in [0, 0.05) is 9.76 Å². The zero-order chi connectivity index (χ0) is 12.2. The third kappa shape index (κ3) is 4.92. The van der Waals surface area contributed by atoms with E-state index in [1.165, 1.54) is 9.76 Å². The first-order valence-electron chi connectivity index (χ1n) is 4.28. The third-order valence-corrected chi connectivity index (χ3v) is 5.86. The summed E-state index contributed by atoms with van der Waals surface area (Å²) in [5, 5.41) is -2.62. The van der Waals surface area contributed by atoms with Gasteiger partial charge in [0.05, 0.1) is 32.3 Å². The summed E-state index contributed by atoms with van der Waals surface area (Å²) >= 11 is 40.5. The Kier molecular flexibility index (Phi) is 9.95. The number of hydrogen-bond acceptors (Lipinski definition) is 0. The Balaban J connectivity index is 0.000000583. The lowest BCUT2D eigenvalue weighted by Gasteiger charge is -2.37. The minimum absolute atomic E-state index is 0.0278. The Morgan fingerprint density at radius 3 is 0.733 bits per heavy atom. The smallest absolute Gasteiger partial charge is 0.106 e. The topological polar surface area (TPSA) is 0 Å². The highest BCUT2D eigenvalue weighted by Crippen LogP contribution is 2.39. The number of rotatable bonds is 0. The molecule has 1 saturated carbocycles. The average molecular weight is 387 g/mol. The summed E-state index contributed by atoms with van der Waals surface area (Å²) in [5.41, 5.74) is 0. The van der Waals surface area contributed by atoms with Crippen LogP contribution in [0.25, 0.3) is 0 Å². The lowest BCUT2D eigenvalue weighted by Crippen LogP contribution is -2.52. The van der Waals surface area contributed by atoms with Gasteiger partial charge in [0.2, 0.25) is 0 Å². The van der Waals surface area contributed by atoms with Crippen LogP contribution in [0.15, 0.2) is 0 Å². The van der Waals surface area contributed by atoms with Crippen molar-refractivity contribution in [2.45, 2.75) is 32.3 Å². The van der Waals surface area contributed by atoms with Crippen molar-refractivity contribution in [3.05, 3.63) is 0 Å². The van der Waals surface area contributed by atoms with Crippen molar-refractivity contribution in [2.75, 3.05) is 0 Å². The molecule has 0 spiro atoms. The molecule has 0 saturated heterocycles. The van der Waals surface area contributed by atoms with Crippen molar-refractivity contribution in [3.63, 3.8) is 0 Å². The van der Waals surface area contributed by atoms with Crippen molar-refractivity contribution in [3.8, 4) is 0 Å². The Hall–Kier alpha value is 2.46. The van der Waals surface area contributed by atoms with Gasteiger partial charge in [-0.05, 0) is 0 Å². The molecule has 0 N–H and O–H groups in total. The molecule has 0 aromatic rings. The van der Waals surface area contributed by atoms with E-state index < -0.39 is 32.3 Å². The summed E-state index contributed by atoms with van der Waals surface area (Å²) in [5.74, 6) is 0. The molecule has 0 radical (unpaired) electrons. The highest BCUT2D eigenvalue weighted by molar-refractivity contribution is 7.19. The second kappa shape index (κ2) is 8.55. The van der Waals surface area contributed by atoms with Crippen LogP contribution in [0.3, 0.4) is 0 Å². The van der Waals surface area contributed by atoms with Gasteiger partial charge in [0.1, 0.15) is 8.35 Å². The summed E-state index contributed by atoms with van der Waals surface area (Å²) in [6.45, 7) is 0. The Morgan fingerprint density at radius 2 is 0.667 bits per heavy atom. The van der Waals surface area contributed by atoms with Crippen LogP contribution in [-0.4, -0.2) is 50.4 Å². The van der Waals surface area contributed by atoms with Crippen molar-refractivity contribution in [1.29, 1.82) is 0 Å². The normalized spacial score (nSPS) is 46.6. The number of alkyl halides is 6. The lowest BCUT2D eigenvalue weighted by atomic mass is 9.97. The molecule has 0 nitrogen and oxygen atoms in total. The Morgan fingerprint density at radius 1 is 0.600 bits per heavy atom. The monoisotopic (exact) mass is 384 g/mol. The summed E-state index contributed by atoms with van der Waals surface area (Å²) < 4.78 is 0. The van der Waals surface area contributed by atoms with Gasteiger partial charge in [-0.1, -0.05) is 0 Å². The van der Waals surface area contributed by atoms with Crippen molar-refractivity contribution < 1.29 is 0 Å². The summed E-state index contributed by atoms with van der Waals surface area (Å²) in [6.07, 6.45) is 0. The molecule has 0 bridgehead atoms. The standard InChI is InChI=1S/C6H6Cl6.ClH5Si2/c7-1-2(8)4(10)6(12)5(11)3(1)9;1-3-2/h1-6H;3H2,2H3. The number of halogens is 7. The van der Waals surface area contributed by atoms with Crippen LogP contribution in [0, 0.1) is 0 Å². The van der Waals surface area contributed by atoms with E-state index in [4.69, 9.17) is 80.7 Å². The molecule has 0 unspecified atom stereocenters. The van der Waals surface area contributed by atoms with E-state index in [0.717, 1.165) is 0 Å². The Bertz CT molecular complexity index is 124. The van der Waals surface area contributed by atoms with Gasteiger partial charge in [-0.3, -0.25) is 0 Å². The van der Waals surface area contributed by atoms with Crippen LogP contribution >= 0.6 is 80.7 Å². The minimum Gasteiger partial charge on any atom is -0.181 e. The quantitative estimate of drug-likeness (QED) is 0.340. The molecule has 0 aromatic carbocycles. The van der Waals surface area contributed by atoms with Crippen LogP contribution in [0.1, 0.15) is 0 Å². The largest absolute Gasteiger partial charge is 0.181 e. The molecule has 0 heterocycles. The van der Waals surface area contributed by atoms with E-state index in [1.807, 2.05) is 0 Å². The van der Waals surface area contributed by atoms with Crippen LogP contribution < -0.4 is 0 Å².